The number of aryl methyl sites for hydroxylation is 1. The Kier molecular flexibility index (Phi) is 1.53. The topological polar surface area (TPSA) is 43.1 Å². The van der Waals surface area contributed by atoms with Crippen LogP contribution in [0.4, 0.5) is 0 Å². The van der Waals surface area contributed by atoms with E-state index in [2.05, 4.69) is 4.98 Å². The monoisotopic (exact) mass is 145 g/mol. The number of nitrogens with zero attached hydrogens (tertiary/aromatic N) is 1. The molecule has 0 aliphatic rings. The number of oxazole rings is 1. The highest BCUT2D eigenvalue weighted by molar-refractivity contribution is 6.27. The fourth-order valence-electron chi connectivity index (χ4n) is 0.484. The van der Waals surface area contributed by atoms with E-state index >= 15 is 0 Å². The van der Waals surface area contributed by atoms with Crippen molar-refractivity contribution in [2.24, 2.45) is 0 Å². The number of aromatic nitrogens is 1. The molecule has 0 N–H and O–H groups in total. The molecule has 0 aliphatic carbocycles. The van der Waals surface area contributed by atoms with Crippen LogP contribution in [0, 0.1) is 6.92 Å². The van der Waals surface area contributed by atoms with Gasteiger partial charge in [-0.05, 0) is 18.5 Å². The Morgan fingerprint density at radius 2 is 2.44 bits per heavy atom. The summed E-state index contributed by atoms with van der Waals surface area (Å²) in [6.07, 6.45) is 0.602. The van der Waals surface area contributed by atoms with Crippen LogP contribution in [-0.4, -0.2) is 11.3 Å². The maximum Gasteiger partial charge on any atom is 0.292 e. The fourth-order valence-corrected chi connectivity index (χ4v) is 0.691. The molecule has 0 fully saturated rings. The maximum atomic E-state index is 10.1. The zero-order chi connectivity index (χ0) is 6.85. The molecular formula is C5H4ClNO2. The molecule has 48 valence electrons. The van der Waals surface area contributed by atoms with Crippen LogP contribution in [0.3, 0.4) is 0 Å². The van der Waals surface area contributed by atoms with Crippen molar-refractivity contribution < 1.29 is 9.21 Å². The highest BCUT2D eigenvalue weighted by Crippen LogP contribution is 2.11. The number of carbonyl (C=O) groups is 1. The average Bonchev–Trinajstić information content (AvgIpc) is 2.10. The molecule has 0 aromatic carbocycles. The Balaban J connectivity index is 3.15. The van der Waals surface area contributed by atoms with E-state index in [-0.39, 0.29) is 11.0 Å². The van der Waals surface area contributed by atoms with Crippen molar-refractivity contribution in [2.75, 3.05) is 0 Å². The lowest BCUT2D eigenvalue weighted by atomic mass is 10.4. The molecule has 4 heteroatoms. The fraction of sp³-hybridized carbons (Fsp3) is 0.200. The quantitative estimate of drug-likeness (QED) is 0.562. The van der Waals surface area contributed by atoms with Crippen molar-refractivity contribution in [3.05, 3.63) is 16.8 Å². The third-order valence-electron chi connectivity index (χ3n) is 0.918. The van der Waals surface area contributed by atoms with Crippen LogP contribution < -0.4 is 0 Å². The van der Waals surface area contributed by atoms with E-state index in [1.165, 1.54) is 0 Å². The molecule has 3 nitrogen and oxygen atoms in total. The summed E-state index contributed by atoms with van der Waals surface area (Å²) in [5.41, 5.74) is 0.264. The summed E-state index contributed by atoms with van der Waals surface area (Å²) < 4.78 is 4.73. The van der Waals surface area contributed by atoms with E-state index in [9.17, 15) is 4.79 Å². The Morgan fingerprint density at radius 1 is 1.78 bits per heavy atom. The molecule has 0 radical (unpaired) electrons. The molecule has 0 atom stereocenters. The molecule has 1 heterocycles. The smallest absolute Gasteiger partial charge is 0.292 e. The number of hydrogen-bond donors (Lipinski definition) is 0. The van der Waals surface area contributed by atoms with Crippen LogP contribution in [-0.2, 0) is 0 Å². The minimum atomic E-state index is 0.00889. The first-order chi connectivity index (χ1) is 4.24. The van der Waals surface area contributed by atoms with Gasteiger partial charge in [0.2, 0.25) is 0 Å². The lowest BCUT2D eigenvalue weighted by Crippen LogP contribution is -1.79. The Labute approximate surface area is 56.6 Å². The summed E-state index contributed by atoms with van der Waals surface area (Å²) in [6, 6.07) is 0. The zero-order valence-electron chi connectivity index (χ0n) is 4.72. The van der Waals surface area contributed by atoms with Gasteiger partial charge in [-0.3, -0.25) is 4.79 Å². The SMILES string of the molecule is Cc1oc(Cl)nc1C=O. The predicted molar refractivity (Wildman–Crippen MR) is 31.6 cm³/mol. The van der Waals surface area contributed by atoms with E-state index in [4.69, 9.17) is 16.0 Å². The molecule has 0 unspecified atom stereocenters. The van der Waals surface area contributed by atoms with Gasteiger partial charge in [0, 0.05) is 0 Å². The van der Waals surface area contributed by atoms with Gasteiger partial charge >= 0.3 is 0 Å². The number of halogens is 1. The van der Waals surface area contributed by atoms with Gasteiger partial charge in [-0.15, -0.1) is 0 Å². The standard InChI is InChI=1S/C5H4ClNO2/c1-3-4(2-8)7-5(6)9-3/h2H,1H3. The Bertz CT molecular complexity index is 231. The van der Waals surface area contributed by atoms with Crippen LogP contribution in [0.15, 0.2) is 4.42 Å². The number of carbonyl (C=O) groups excluding carboxylic acids is 1. The average molecular weight is 146 g/mol. The summed E-state index contributed by atoms with van der Waals surface area (Å²) in [7, 11) is 0. The van der Waals surface area contributed by atoms with Crippen molar-refractivity contribution in [3.63, 3.8) is 0 Å². The van der Waals surface area contributed by atoms with Crippen LogP contribution >= 0.6 is 11.6 Å². The van der Waals surface area contributed by atoms with Gasteiger partial charge in [0.05, 0.1) is 0 Å². The Morgan fingerprint density at radius 3 is 2.67 bits per heavy atom. The van der Waals surface area contributed by atoms with Crippen molar-refractivity contribution >= 4 is 17.9 Å². The van der Waals surface area contributed by atoms with Gasteiger partial charge in [0.15, 0.2) is 6.29 Å². The summed E-state index contributed by atoms with van der Waals surface area (Å²) in [6.45, 7) is 1.63. The number of rotatable bonds is 1. The lowest BCUT2D eigenvalue weighted by molar-refractivity contribution is 0.111. The summed E-state index contributed by atoms with van der Waals surface area (Å²) in [4.78, 5) is 13.6. The van der Waals surface area contributed by atoms with Crippen LogP contribution in [0.5, 0.6) is 0 Å². The molecule has 0 bridgehead atoms. The maximum absolute atomic E-state index is 10.1. The summed E-state index contributed by atoms with van der Waals surface area (Å²) in [5, 5.41) is 0.00889. The van der Waals surface area contributed by atoms with Gasteiger partial charge < -0.3 is 4.42 Å². The van der Waals surface area contributed by atoms with E-state index < -0.39 is 0 Å². The molecule has 0 amide bonds. The van der Waals surface area contributed by atoms with Gasteiger partial charge in [-0.2, -0.15) is 4.98 Å². The molecule has 1 aromatic heterocycles. The Hall–Kier alpha value is -0.830. The van der Waals surface area contributed by atoms with Gasteiger partial charge in [0.25, 0.3) is 5.35 Å². The highest BCUT2D eigenvalue weighted by atomic mass is 35.5. The minimum Gasteiger partial charge on any atom is -0.432 e. The van der Waals surface area contributed by atoms with E-state index in [0.29, 0.717) is 12.0 Å². The summed E-state index contributed by atoms with van der Waals surface area (Å²) in [5.74, 6) is 0.454. The van der Waals surface area contributed by atoms with Crippen LogP contribution in [0.2, 0.25) is 5.35 Å². The van der Waals surface area contributed by atoms with Gasteiger partial charge in [-0.1, -0.05) is 0 Å². The molecule has 0 saturated heterocycles. The molecule has 1 aromatic rings. The second kappa shape index (κ2) is 2.19. The zero-order valence-corrected chi connectivity index (χ0v) is 5.47. The highest BCUT2D eigenvalue weighted by Gasteiger charge is 2.04. The largest absolute Gasteiger partial charge is 0.432 e. The molecule has 0 saturated carbocycles. The van der Waals surface area contributed by atoms with E-state index in [1.807, 2.05) is 0 Å². The molecular weight excluding hydrogens is 142 g/mol. The normalized spacial score (nSPS) is 9.56. The van der Waals surface area contributed by atoms with Gasteiger partial charge in [0.1, 0.15) is 11.5 Å². The second-order valence-electron chi connectivity index (χ2n) is 1.53. The molecule has 1 rings (SSSR count). The van der Waals surface area contributed by atoms with E-state index in [1.54, 1.807) is 6.92 Å². The number of aldehydes is 1. The molecule has 0 spiro atoms. The predicted octanol–water partition coefficient (Wildman–Crippen LogP) is 1.45. The van der Waals surface area contributed by atoms with Crippen molar-refractivity contribution in [1.29, 1.82) is 0 Å². The summed E-state index contributed by atoms with van der Waals surface area (Å²) >= 11 is 5.31. The van der Waals surface area contributed by atoms with Gasteiger partial charge in [-0.25, -0.2) is 0 Å². The third kappa shape index (κ3) is 1.10. The van der Waals surface area contributed by atoms with E-state index in [0.717, 1.165) is 0 Å². The lowest BCUT2D eigenvalue weighted by Gasteiger charge is -1.76. The third-order valence-corrected chi connectivity index (χ3v) is 1.08. The van der Waals surface area contributed by atoms with Crippen molar-refractivity contribution in [3.8, 4) is 0 Å². The molecule has 9 heavy (non-hydrogen) atoms. The first-order valence-electron chi connectivity index (χ1n) is 2.32. The van der Waals surface area contributed by atoms with Crippen molar-refractivity contribution in [1.82, 2.24) is 4.98 Å². The number of hydrogen-bond acceptors (Lipinski definition) is 3. The van der Waals surface area contributed by atoms with Crippen LogP contribution in [0.1, 0.15) is 16.2 Å². The van der Waals surface area contributed by atoms with Crippen LogP contribution in [0.25, 0.3) is 0 Å². The first kappa shape index (κ1) is 6.29. The second-order valence-corrected chi connectivity index (χ2v) is 1.85. The first-order valence-corrected chi connectivity index (χ1v) is 2.70. The van der Waals surface area contributed by atoms with Crippen molar-refractivity contribution in [2.45, 2.75) is 6.92 Å². The minimum absolute atomic E-state index is 0.00889. The molecule has 0 aliphatic heterocycles.